The van der Waals surface area contributed by atoms with Gasteiger partial charge < -0.3 is 9.15 Å². The highest BCUT2D eigenvalue weighted by Crippen LogP contribution is 2.24. The lowest BCUT2D eigenvalue weighted by Crippen LogP contribution is -2.07. The van der Waals surface area contributed by atoms with Gasteiger partial charge in [-0.3, -0.25) is 0 Å². The number of hydrogen-bond acceptors (Lipinski definition) is 7. The van der Waals surface area contributed by atoms with Gasteiger partial charge in [0.05, 0.1) is 18.1 Å². The minimum Gasteiger partial charge on any atom is -0.494 e. The number of hydrogen-bond donors (Lipinski definition) is 0. The van der Waals surface area contributed by atoms with E-state index in [1.165, 1.54) is 23.9 Å². The van der Waals surface area contributed by atoms with Crippen LogP contribution >= 0.6 is 11.8 Å². The average molecular weight is 386 g/mol. The molecular weight excluding hydrogens is 367 g/mol. The van der Waals surface area contributed by atoms with E-state index in [4.69, 9.17) is 9.15 Å². The molecule has 0 aliphatic carbocycles. The maximum absolute atomic E-state index is 12.8. The first-order chi connectivity index (χ1) is 12.0. The van der Waals surface area contributed by atoms with Crippen LogP contribution in [0.2, 0.25) is 0 Å². The lowest BCUT2D eigenvalue weighted by atomic mass is 10.1. The Kier molecular flexibility index (Phi) is 5.95. The largest absolute Gasteiger partial charge is 0.494 e. The minimum absolute atomic E-state index is 0.0763. The van der Waals surface area contributed by atoms with E-state index >= 15 is 0 Å². The fraction of sp³-hybridized carbons (Fsp3) is 0.500. The zero-order chi connectivity index (χ0) is 17.7. The molecule has 1 aromatic heterocycles. The van der Waals surface area contributed by atoms with Gasteiger partial charge in [0.2, 0.25) is 5.89 Å². The quantitative estimate of drug-likeness (QED) is 0.509. The second-order valence-electron chi connectivity index (χ2n) is 5.94. The monoisotopic (exact) mass is 386 g/mol. The van der Waals surface area contributed by atoms with Crippen molar-refractivity contribution in [2.24, 2.45) is 5.92 Å². The van der Waals surface area contributed by atoms with Gasteiger partial charge in [-0.2, -0.15) is 0 Å². The van der Waals surface area contributed by atoms with Crippen LogP contribution < -0.4 is 4.74 Å². The molecule has 1 saturated heterocycles. The van der Waals surface area contributed by atoms with Crippen LogP contribution in [0.4, 0.5) is 4.39 Å². The van der Waals surface area contributed by atoms with Crippen LogP contribution in [0.25, 0.3) is 0 Å². The summed E-state index contributed by atoms with van der Waals surface area (Å²) in [5.74, 6) is 2.13. The number of thioether (sulfide) groups is 1. The molecule has 0 spiro atoms. The average Bonchev–Trinajstić information content (AvgIpc) is 3.15. The van der Waals surface area contributed by atoms with Crippen molar-refractivity contribution in [2.45, 2.75) is 24.5 Å². The van der Waals surface area contributed by atoms with E-state index in [1.807, 2.05) is 0 Å². The normalized spacial score (nSPS) is 19.2. The molecule has 1 atom stereocenters. The first-order valence-electron chi connectivity index (χ1n) is 8.04. The zero-order valence-electron chi connectivity index (χ0n) is 13.6. The lowest BCUT2D eigenvalue weighted by molar-refractivity contribution is 0.318. The molecule has 136 valence electrons. The predicted molar refractivity (Wildman–Crippen MR) is 92.0 cm³/mol. The number of benzene rings is 1. The Balaban J connectivity index is 1.35. The molecule has 1 aliphatic rings. The Morgan fingerprint density at radius 2 is 2.08 bits per heavy atom. The van der Waals surface area contributed by atoms with Crippen molar-refractivity contribution in [2.75, 3.05) is 23.9 Å². The summed E-state index contributed by atoms with van der Waals surface area (Å²) >= 11 is 1.44. The predicted octanol–water partition coefficient (Wildman–Crippen LogP) is 2.75. The van der Waals surface area contributed by atoms with E-state index < -0.39 is 9.84 Å². The molecule has 0 radical (unpaired) electrons. The first kappa shape index (κ1) is 18.2. The van der Waals surface area contributed by atoms with Gasteiger partial charge in [0, 0.05) is 12.2 Å². The van der Waals surface area contributed by atoms with Crippen LogP contribution in [0.3, 0.4) is 0 Å². The number of halogens is 1. The van der Waals surface area contributed by atoms with Crippen molar-refractivity contribution < 1.29 is 22.0 Å². The van der Waals surface area contributed by atoms with Crippen LogP contribution in [-0.2, 0) is 16.3 Å². The number of aromatic nitrogens is 2. The van der Waals surface area contributed by atoms with Gasteiger partial charge in [0.1, 0.15) is 11.6 Å². The summed E-state index contributed by atoms with van der Waals surface area (Å²) in [4.78, 5) is 0. The van der Waals surface area contributed by atoms with Crippen LogP contribution in [0.15, 0.2) is 33.9 Å². The Labute approximate surface area is 150 Å². The van der Waals surface area contributed by atoms with Crippen LogP contribution in [0.5, 0.6) is 5.75 Å². The van der Waals surface area contributed by atoms with Gasteiger partial charge in [0.25, 0.3) is 5.22 Å². The molecule has 0 saturated carbocycles. The van der Waals surface area contributed by atoms with Gasteiger partial charge in [-0.25, -0.2) is 12.8 Å². The maximum atomic E-state index is 12.8. The highest BCUT2D eigenvalue weighted by Gasteiger charge is 2.29. The Bertz CT molecular complexity index is 793. The molecule has 1 fully saturated rings. The number of ether oxygens (including phenoxy) is 1. The van der Waals surface area contributed by atoms with Crippen molar-refractivity contribution in [3.63, 3.8) is 0 Å². The van der Waals surface area contributed by atoms with Crippen molar-refractivity contribution in [1.82, 2.24) is 10.2 Å². The second-order valence-corrected chi connectivity index (χ2v) is 9.21. The number of rotatable bonds is 8. The Morgan fingerprint density at radius 1 is 1.28 bits per heavy atom. The smallest absolute Gasteiger partial charge is 0.276 e. The highest BCUT2D eigenvalue weighted by atomic mass is 32.2. The van der Waals surface area contributed by atoms with Gasteiger partial charge in [-0.15, -0.1) is 10.2 Å². The molecule has 0 amide bonds. The summed E-state index contributed by atoms with van der Waals surface area (Å²) in [6, 6.07) is 5.91. The van der Waals surface area contributed by atoms with Crippen molar-refractivity contribution in [1.29, 1.82) is 0 Å². The third kappa shape index (κ3) is 5.71. The second kappa shape index (κ2) is 8.18. The molecule has 1 aliphatic heterocycles. The molecule has 2 heterocycles. The molecule has 0 N–H and O–H groups in total. The van der Waals surface area contributed by atoms with E-state index in [1.54, 1.807) is 12.1 Å². The third-order valence-corrected chi connectivity index (χ3v) is 6.58. The maximum Gasteiger partial charge on any atom is 0.276 e. The van der Waals surface area contributed by atoms with E-state index in [9.17, 15) is 12.8 Å². The summed E-state index contributed by atoms with van der Waals surface area (Å²) in [5, 5.41) is 8.44. The molecular formula is C16H19FN2O4S2. The Hall–Kier alpha value is -1.61. The fourth-order valence-corrected chi connectivity index (χ4v) is 5.15. The summed E-state index contributed by atoms with van der Waals surface area (Å²) in [5.41, 5.74) is 0. The third-order valence-electron chi connectivity index (χ3n) is 3.83. The van der Waals surface area contributed by atoms with Gasteiger partial charge in [-0.1, -0.05) is 11.8 Å². The van der Waals surface area contributed by atoms with Gasteiger partial charge in [0.15, 0.2) is 9.84 Å². The molecule has 6 nitrogen and oxygen atoms in total. The minimum atomic E-state index is -2.88. The molecule has 1 aromatic carbocycles. The SMILES string of the molecule is O=S1(=O)CCC(Cc2nnc(SCCCOc3ccc(F)cc3)o2)C1. The summed E-state index contributed by atoms with van der Waals surface area (Å²) in [6.45, 7) is 0.513. The zero-order valence-corrected chi connectivity index (χ0v) is 15.2. The summed E-state index contributed by atoms with van der Waals surface area (Å²) in [6.07, 6.45) is 1.95. The van der Waals surface area contributed by atoms with Crippen molar-refractivity contribution in [3.8, 4) is 5.75 Å². The standard InChI is InChI=1S/C16H19FN2O4S2/c17-13-2-4-14(5-3-13)22-7-1-8-24-16-19-18-15(23-16)10-12-6-9-25(20,21)11-12/h2-5,12H,1,6-11H2. The van der Waals surface area contributed by atoms with Crippen molar-refractivity contribution >= 4 is 21.6 Å². The molecule has 25 heavy (non-hydrogen) atoms. The van der Waals surface area contributed by atoms with E-state index in [0.717, 1.165) is 12.2 Å². The van der Waals surface area contributed by atoms with Crippen LogP contribution in [0, 0.1) is 11.7 Å². The number of sulfone groups is 1. The Morgan fingerprint density at radius 3 is 2.80 bits per heavy atom. The lowest BCUT2D eigenvalue weighted by Gasteiger charge is -2.04. The van der Waals surface area contributed by atoms with Gasteiger partial charge >= 0.3 is 0 Å². The summed E-state index contributed by atoms with van der Waals surface area (Å²) in [7, 11) is -2.88. The van der Waals surface area contributed by atoms with E-state index in [2.05, 4.69) is 10.2 Å². The summed E-state index contributed by atoms with van der Waals surface area (Å²) < 4.78 is 46.8. The van der Waals surface area contributed by atoms with Crippen LogP contribution in [0.1, 0.15) is 18.7 Å². The van der Waals surface area contributed by atoms with Gasteiger partial charge in [-0.05, 0) is 43.0 Å². The fourth-order valence-electron chi connectivity index (χ4n) is 2.60. The highest BCUT2D eigenvalue weighted by molar-refractivity contribution is 7.99. The number of nitrogens with zero attached hydrogens (tertiary/aromatic N) is 2. The molecule has 3 rings (SSSR count). The van der Waals surface area contributed by atoms with Crippen molar-refractivity contribution in [3.05, 3.63) is 36.0 Å². The topological polar surface area (TPSA) is 82.3 Å². The molecule has 2 aromatic rings. The molecule has 0 bridgehead atoms. The van der Waals surface area contributed by atoms with E-state index in [0.29, 0.717) is 36.3 Å². The first-order valence-corrected chi connectivity index (χ1v) is 10.8. The molecule has 1 unspecified atom stereocenters. The van der Waals surface area contributed by atoms with E-state index in [-0.39, 0.29) is 23.2 Å². The van der Waals surface area contributed by atoms with Crippen LogP contribution in [-0.4, -0.2) is 42.5 Å². The molecule has 9 heteroatoms.